The second-order valence-corrected chi connectivity index (χ2v) is 4.82. The van der Waals surface area contributed by atoms with E-state index in [4.69, 9.17) is 5.73 Å². The molecule has 0 fully saturated rings. The first-order valence-electron chi connectivity index (χ1n) is 6.53. The first kappa shape index (κ1) is 13.2. The average Bonchev–Trinajstić information content (AvgIpc) is 2.88. The molecule has 0 aliphatic rings. The number of fused-ring (bicyclic) bond motifs is 1. The largest absolute Gasteiger partial charge is 0.399 e. The van der Waals surface area contributed by atoms with Crippen LogP contribution in [0.2, 0.25) is 0 Å². The van der Waals surface area contributed by atoms with E-state index in [2.05, 4.69) is 10.3 Å². The predicted molar refractivity (Wildman–Crippen MR) is 80.3 cm³/mol. The molecule has 0 saturated carbocycles. The molecular weight excluding hydrogens is 269 g/mol. The number of carbonyl (C=O) groups excluding carboxylic acids is 1. The van der Waals surface area contributed by atoms with Crippen molar-refractivity contribution in [2.45, 2.75) is 6.54 Å². The number of hydrogen-bond donors (Lipinski definition) is 3. The second kappa shape index (κ2) is 5.28. The van der Waals surface area contributed by atoms with Crippen LogP contribution in [-0.4, -0.2) is 10.9 Å². The van der Waals surface area contributed by atoms with Gasteiger partial charge in [0.05, 0.1) is 5.56 Å². The van der Waals surface area contributed by atoms with Gasteiger partial charge < -0.3 is 16.0 Å². The van der Waals surface area contributed by atoms with Crippen LogP contribution in [0.5, 0.6) is 0 Å². The summed E-state index contributed by atoms with van der Waals surface area (Å²) < 4.78 is 13.1. The van der Waals surface area contributed by atoms with Gasteiger partial charge in [0, 0.05) is 29.3 Å². The van der Waals surface area contributed by atoms with Crippen molar-refractivity contribution in [2.24, 2.45) is 0 Å². The number of aromatic nitrogens is 1. The zero-order chi connectivity index (χ0) is 14.8. The van der Waals surface area contributed by atoms with Gasteiger partial charge in [0.15, 0.2) is 0 Å². The van der Waals surface area contributed by atoms with E-state index in [1.165, 1.54) is 12.1 Å². The zero-order valence-corrected chi connectivity index (χ0v) is 11.2. The molecule has 0 bridgehead atoms. The third kappa shape index (κ3) is 2.72. The van der Waals surface area contributed by atoms with Crippen LogP contribution < -0.4 is 11.1 Å². The van der Waals surface area contributed by atoms with Gasteiger partial charge in [0.25, 0.3) is 5.91 Å². The highest BCUT2D eigenvalue weighted by atomic mass is 19.1. The quantitative estimate of drug-likeness (QED) is 0.647. The molecule has 0 saturated heterocycles. The summed E-state index contributed by atoms with van der Waals surface area (Å²) in [4.78, 5) is 15.2. The van der Waals surface area contributed by atoms with Crippen LogP contribution in [0.3, 0.4) is 0 Å². The number of carbonyl (C=O) groups is 1. The van der Waals surface area contributed by atoms with E-state index in [9.17, 15) is 9.18 Å². The maximum Gasteiger partial charge on any atom is 0.253 e. The van der Waals surface area contributed by atoms with E-state index in [-0.39, 0.29) is 18.3 Å². The van der Waals surface area contributed by atoms with E-state index in [1.807, 2.05) is 0 Å². The molecule has 5 heteroatoms. The van der Waals surface area contributed by atoms with E-state index in [0.29, 0.717) is 16.8 Å². The summed E-state index contributed by atoms with van der Waals surface area (Å²) in [6.07, 6.45) is 1.64. The Balaban J connectivity index is 1.78. The van der Waals surface area contributed by atoms with Gasteiger partial charge in [-0.1, -0.05) is 12.1 Å². The molecule has 4 N–H and O–H groups in total. The third-order valence-electron chi connectivity index (χ3n) is 3.29. The molecule has 0 atom stereocenters. The molecule has 0 aliphatic heterocycles. The lowest BCUT2D eigenvalue weighted by Crippen LogP contribution is -2.22. The van der Waals surface area contributed by atoms with Crippen LogP contribution >= 0.6 is 0 Å². The van der Waals surface area contributed by atoms with Crippen LogP contribution in [0.25, 0.3) is 10.9 Å². The summed E-state index contributed by atoms with van der Waals surface area (Å²) in [6, 6.07) is 11.5. The molecule has 1 heterocycles. The number of nitrogens with one attached hydrogen (secondary N) is 2. The van der Waals surface area contributed by atoms with Gasteiger partial charge in [-0.05, 0) is 35.9 Å². The maximum absolute atomic E-state index is 13.1. The van der Waals surface area contributed by atoms with Gasteiger partial charge in [0.1, 0.15) is 5.82 Å². The SMILES string of the molecule is Nc1ccc2c(C(=O)NCc3cccc(F)c3)c[nH]c2c1. The lowest BCUT2D eigenvalue weighted by molar-refractivity contribution is 0.0952. The van der Waals surface area contributed by atoms with Crippen LogP contribution in [0, 0.1) is 5.82 Å². The molecule has 0 unspecified atom stereocenters. The number of halogens is 1. The minimum absolute atomic E-state index is 0.213. The lowest BCUT2D eigenvalue weighted by Gasteiger charge is -2.05. The Bertz CT molecular complexity index is 810. The number of nitrogens with two attached hydrogens (primary N) is 1. The van der Waals surface area contributed by atoms with Crippen molar-refractivity contribution < 1.29 is 9.18 Å². The van der Waals surface area contributed by atoms with E-state index in [1.54, 1.807) is 36.5 Å². The van der Waals surface area contributed by atoms with Gasteiger partial charge >= 0.3 is 0 Å². The van der Waals surface area contributed by atoms with Gasteiger partial charge in [-0.15, -0.1) is 0 Å². The smallest absolute Gasteiger partial charge is 0.253 e. The fourth-order valence-corrected chi connectivity index (χ4v) is 2.26. The normalized spacial score (nSPS) is 10.7. The van der Waals surface area contributed by atoms with Gasteiger partial charge in [-0.3, -0.25) is 4.79 Å². The Morgan fingerprint density at radius 2 is 2.10 bits per heavy atom. The Morgan fingerprint density at radius 3 is 2.90 bits per heavy atom. The number of benzene rings is 2. The molecule has 0 spiro atoms. The molecule has 0 radical (unpaired) electrons. The summed E-state index contributed by atoms with van der Waals surface area (Å²) in [5.74, 6) is -0.528. The molecule has 106 valence electrons. The summed E-state index contributed by atoms with van der Waals surface area (Å²) >= 11 is 0. The molecule has 0 aliphatic carbocycles. The highest BCUT2D eigenvalue weighted by molar-refractivity contribution is 6.07. The Labute approximate surface area is 120 Å². The molecule has 21 heavy (non-hydrogen) atoms. The van der Waals surface area contributed by atoms with Crippen molar-refractivity contribution in [3.8, 4) is 0 Å². The lowest BCUT2D eigenvalue weighted by atomic mass is 10.1. The van der Waals surface area contributed by atoms with Crippen molar-refractivity contribution >= 4 is 22.5 Å². The van der Waals surface area contributed by atoms with Crippen molar-refractivity contribution in [1.29, 1.82) is 0 Å². The number of aromatic amines is 1. The molecule has 3 aromatic rings. The molecular formula is C16H14FN3O. The molecule has 3 rings (SSSR count). The summed E-state index contributed by atoms with van der Waals surface area (Å²) in [7, 11) is 0. The second-order valence-electron chi connectivity index (χ2n) is 4.82. The Hall–Kier alpha value is -2.82. The number of hydrogen-bond acceptors (Lipinski definition) is 2. The minimum atomic E-state index is -0.315. The van der Waals surface area contributed by atoms with Crippen LogP contribution in [-0.2, 0) is 6.54 Å². The predicted octanol–water partition coefficient (Wildman–Crippen LogP) is 2.82. The van der Waals surface area contributed by atoms with E-state index >= 15 is 0 Å². The van der Waals surface area contributed by atoms with Crippen molar-refractivity contribution in [3.63, 3.8) is 0 Å². The fraction of sp³-hybridized carbons (Fsp3) is 0.0625. The number of anilines is 1. The standard InChI is InChI=1S/C16H14FN3O/c17-11-3-1-2-10(6-11)8-20-16(21)14-9-19-15-7-12(18)4-5-13(14)15/h1-7,9,19H,8,18H2,(H,20,21). The molecule has 1 amide bonds. The van der Waals surface area contributed by atoms with Crippen molar-refractivity contribution in [1.82, 2.24) is 10.3 Å². The number of rotatable bonds is 3. The fourth-order valence-electron chi connectivity index (χ4n) is 2.26. The Morgan fingerprint density at radius 1 is 1.24 bits per heavy atom. The van der Waals surface area contributed by atoms with Crippen LogP contribution in [0.4, 0.5) is 10.1 Å². The van der Waals surface area contributed by atoms with Crippen LogP contribution in [0.1, 0.15) is 15.9 Å². The maximum atomic E-state index is 13.1. The van der Waals surface area contributed by atoms with Crippen LogP contribution in [0.15, 0.2) is 48.7 Å². The number of nitrogen functional groups attached to an aromatic ring is 1. The monoisotopic (exact) mass is 283 g/mol. The van der Waals surface area contributed by atoms with Crippen molar-refractivity contribution in [2.75, 3.05) is 5.73 Å². The average molecular weight is 283 g/mol. The van der Waals surface area contributed by atoms with E-state index in [0.717, 1.165) is 10.9 Å². The molecule has 2 aromatic carbocycles. The Kier molecular flexibility index (Phi) is 3.31. The summed E-state index contributed by atoms with van der Waals surface area (Å²) in [5, 5.41) is 3.58. The minimum Gasteiger partial charge on any atom is -0.399 e. The van der Waals surface area contributed by atoms with E-state index < -0.39 is 0 Å². The first-order valence-corrected chi connectivity index (χ1v) is 6.53. The first-order chi connectivity index (χ1) is 10.1. The topological polar surface area (TPSA) is 70.9 Å². The number of H-pyrrole nitrogens is 1. The van der Waals surface area contributed by atoms with Gasteiger partial charge in [-0.25, -0.2) is 4.39 Å². The van der Waals surface area contributed by atoms with Gasteiger partial charge in [-0.2, -0.15) is 0 Å². The highest BCUT2D eigenvalue weighted by Gasteiger charge is 2.11. The zero-order valence-electron chi connectivity index (χ0n) is 11.2. The third-order valence-corrected chi connectivity index (χ3v) is 3.29. The summed E-state index contributed by atoms with van der Waals surface area (Å²) in [5.41, 5.74) is 8.41. The number of amides is 1. The molecule has 1 aromatic heterocycles. The van der Waals surface area contributed by atoms with Crippen molar-refractivity contribution in [3.05, 3.63) is 65.6 Å². The highest BCUT2D eigenvalue weighted by Crippen LogP contribution is 2.20. The summed E-state index contributed by atoms with van der Waals surface area (Å²) in [6.45, 7) is 0.276. The van der Waals surface area contributed by atoms with Gasteiger partial charge in [0.2, 0.25) is 0 Å². The molecule has 4 nitrogen and oxygen atoms in total.